The third kappa shape index (κ3) is 3.34. The Balaban J connectivity index is 1.95. The van der Waals surface area contributed by atoms with Crippen LogP contribution in [0.5, 0.6) is 5.88 Å². The largest absolute Gasteiger partial charge is 0.460 e. The van der Waals surface area contributed by atoms with Crippen molar-refractivity contribution in [3.63, 3.8) is 0 Å². The fraction of sp³-hybridized carbons (Fsp3) is 0.188. The van der Waals surface area contributed by atoms with Crippen molar-refractivity contribution in [1.82, 2.24) is 10.3 Å². The Morgan fingerprint density at radius 3 is 2.83 bits per heavy atom. The molecule has 0 aliphatic carbocycles. The molecular weight excluding hydrogens is 362 g/mol. The summed E-state index contributed by atoms with van der Waals surface area (Å²) in [5, 5.41) is 5.54. The molecule has 23 heavy (non-hydrogen) atoms. The number of pyridine rings is 1. The minimum atomic E-state index is -0.900. The number of carbonyl (C=O) groups is 2. The highest BCUT2D eigenvalue weighted by Gasteiger charge is 2.37. The van der Waals surface area contributed by atoms with Crippen molar-refractivity contribution >= 4 is 33.4 Å². The van der Waals surface area contributed by atoms with Crippen molar-refractivity contribution in [1.29, 1.82) is 0 Å². The molecule has 1 aliphatic rings. The van der Waals surface area contributed by atoms with Crippen molar-refractivity contribution < 1.29 is 14.3 Å². The maximum atomic E-state index is 12.4. The Kier molecular flexibility index (Phi) is 4.29. The number of aromatic nitrogens is 1. The molecule has 1 aromatic heterocycles. The highest BCUT2D eigenvalue weighted by atomic mass is 79.9. The average Bonchev–Trinajstić information content (AvgIpc) is 2.53. The Labute approximate surface area is 141 Å². The summed E-state index contributed by atoms with van der Waals surface area (Å²) in [5.41, 5.74) is 1.28. The summed E-state index contributed by atoms with van der Waals surface area (Å²) in [5.74, 6) is -0.256. The fourth-order valence-electron chi connectivity index (χ4n) is 2.42. The van der Waals surface area contributed by atoms with E-state index in [1.807, 2.05) is 30.3 Å². The van der Waals surface area contributed by atoms with Gasteiger partial charge in [-0.1, -0.05) is 30.3 Å². The number of amides is 2. The van der Waals surface area contributed by atoms with E-state index in [9.17, 15) is 9.59 Å². The van der Waals surface area contributed by atoms with Gasteiger partial charge < -0.3 is 15.4 Å². The van der Waals surface area contributed by atoms with Crippen molar-refractivity contribution in [2.24, 2.45) is 0 Å². The number of hydrogen-bond acceptors (Lipinski definition) is 4. The summed E-state index contributed by atoms with van der Waals surface area (Å²) >= 11 is 3.30. The quantitative estimate of drug-likeness (QED) is 0.862. The van der Waals surface area contributed by atoms with Gasteiger partial charge in [-0.05, 0) is 27.6 Å². The zero-order valence-electron chi connectivity index (χ0n) is 12.2. The zero-order chi connectivity index (χ0) is 16.4. The lowest BCUT2D eigenvalue weighted by Crippen LogP contribution is -2.47. The van der Waals surface area contributed by atoms with E-state index in [0.717, 1.165) is 10.0 Å². The van der Waals surface area contributed by atoms with E-state index < -0.39 is 12.1 Å². The van der Waals surface area contributed by atoms with E-state index >= 15 is 0 Å². The number of rotatable bonds is 3. The maximum Gasteiger partial charge on any atom is 0.268 e. The summed E-state index contributed by atoms with van der Waals surface area (Å²) in [6.07, 6.45) is 0.686. The summed E-state index contributed by atoms with van der Waals surface area (Å²) in [7, 11) is 0. The second kappa shape index (κ2) is 6.37. The van der Waals surface area contributed by atoms with Crippen molar-refractivity contribution in [3.05, 3.63) is 52.6 Å². The van der Waals surface area contributed by atoms with Gasteiger partial charge in [0.2, 0.25) is 17.9 Å². The van der Waals surface area contributed by atoms with E-state index in [4.69, 9.17) is 4.74 Å². The smallest absolute Gasteiger partial charge is 0.268 e. The van der Waals surface area contributed by atoms with Gasteiger partial charge in [0.25, 0.3) is 5.91 Å². The molecule has 2 amide bonds. The molecule has 2 aromatic rings. The van der Waals surface area contributed by atoms with Gasteiger partial charge in [-0.15, -0.1) is 0 Å². The number of nitrogens with zero attached hydrogens (tertiary/aromatic N) is 1. The van der Waals surface area contributed by atoms with Gasteiger partial charge in [0.05, 0.1) is 0 Å². The van der Waals surface area contributed by atoms with Crippen LogP contribution < -0.4 is 15.4 Å². The number of ether oxygens (including phenoxy) is 1. The normalized spacial score (nSPS) is 17.5. The first-order valence-electron chi connectivity index (χ1n) is 6.99. The van der Waals surface area contributed by atoms with Crippen molar-refractivity contribution in [2.45, 2.75) is 19.1 Å². The Hall–Kier alpha value is -2.41. The lowest BCUT2D eigenvalue weighted by atomic mass is 9.99. The Morgan fingerprint density at radius 2 is 2.13 bits per heavy atom. The molecule has 0 bridgehead atoms. The van der Waals surface area contributed by atoms with Crippen molar-refractivity contribution in [2.75, 3.05) is 5.32 Å². The van der Waals surface area contributed by atoms with Crippen LogP contribution in [0.25, 0.3) is 0 Å². The molecule has 0 spiro atoms. The van der Waals surface area contributed by atoms with Gasteiger partial charge in [0.15, 0.2) is 0 Å². The van der Waals surface area contributed by atoms with Gasteiger partial charge in [-0.2, -0.15) is 0 Å². The molecule has 0 saturated carbocycles. The highest BCUT2D eigenvalue weighted by Crippen LogP contribution is 2.33. The number of hydrogen-bond donors (Lipinski definition) is 2. The molecule has 1 aromatic carbocycles. The van der Waals surface area contributed by atoms with Crippen LogP contribution in [0.1, 0.15) is 18.5 Å². The number of nitrogens with one attached hydrogen (secondary N) is 2. The second-order valence-corrected chi connectivity index (χ2v) is 6.04. The molecular formula is C16H14BrN3O3. The molecule has 6 nitrogen and oxygen atoms in total. The summed E-state index contributed by atoms with van der Waals surface area (Å²) < 4.78 is 6.49. The van der Waals surface area contributed by atoms with Crippen molar-refractivity contribution in [3.8, 4) is 5.88 Å². The van der Waals surface area contributed by atoms with Gasteiger partial charge in [0, 0.05) is 17.6 Å². The predicted octanol–water partition coefficient (Wildman–Crippen LogP) is 2.42. The first kappa shape index (κ1) is 15.5. The molecule has 2 atom stereocenters. The minimum absolute atomic E-state index is 0.246. The Morgan fingerprint density at radius 1 is 1.39 bits per heavy atom. The van der Waals surface area contributed by atoms with E-state index in [-0.39, 0.29) is 11.8 Å². The molecule has 7 heteroatoms. The van der Waals surface area contributed by atoms with E-state index in [0.29, 0.717) is 11.6 Å². The standard InChI is InChI=1S/C16H14BrN3O3/c1-9(21)19-13(10-5-3-2-4-6-10)14-15(22)20-12-7-11(17)8-18-16(12)23-14/h2-8,13-14H,1H3,(H,19,21)(H,20,22)/t13-,14+/m1/s1. The first-order valence-corrected chi connectivity index (χ1v) is 7.79. The average molecular weight is 376 g/mol. The first-order chi connectivity index (χ1) is 11.0. The number of fused-ring (bicyclic) bond motifs is 1. The van der Waals surface area contributed by atoms with Gasteiger partial charge in [-0.3, -0.25) is 9.59 Å². The summed E-state index contributed by atoms with van der Waals surface area (Å²) in [6, 6.07) is 10.3. The number of carbonyl (C=O) groups excluding carboxylic acids is 2. The van der Waals surface area contributed by atoms with Gasteiger partial charge in [-0.25, -0.2) is 4.98 Å². The van der Waals surface area contributed by atoms with Crippen LogP contribution in [0.15, 0.2) is 47.1 Å². The van der Waals surface area contributed by atoms with Crippen LogP contribution in [0.2, 0.25) is 0 Å². The second-order valence-electron chi connectivity index (χ2n) is 5.12. The fourth-order valence-corrected chi connectivity index (χ4v) is 2.75. The molecule has 0 radical (unpaired) electrons. The molecule has 3 rings (SSSR count). The van der Waals surface area contributed by atoms with Gasteiger partial charge >= 0.3 is 0 Å². The molecule has 1 aliphatic heterocycles. The molecule has 118 valence electrons. The third-order valence-electron chi connectivity index (χ3n) is 3.39. The summed E-state index contributed by atoms with van der Waals surface area (Å²) in [4.78, 5) is 28.1. The van der Waals surface area contributed by atoms with Crippen LogP contribution >= 0.6 is 15.9 Å². The predicted molar refractivity (Wildman–Crippen MR) is 88.0 cm³/mol. The molecule has 2 N–H and O–H groups in total. The highest BCUT2D eigenvalue weighted by molar-refractivity contribution is 9.10. The van der Waals surface area contributed by atoms with E-state index in [1.165, 1.54) is 6.92 Å². The monoisotopic (exact) mass is 375 g/mol. The topological polar surface area (TPSA) is 80.3 Å². The molecule has 0 unspecified atom stereocenters. The third-order valence-corrected chi connectivity index (χ3v) is 3.83. The zero-order valence-corrected chi connectivity index (χ0v) is 13.8. The van der Waals surface area contributed by atoms with Crippen LogP contribution in [-0.4, -0.2) is 22.9 Å². The maximum absolute atomic E-state index is 12.4. The lowest BCUT2D eigenvalue weighted by Gasteiger charge is -2.31. The van der Waals surface area contributed by atoms with Gasteiger partial charge in [0.1, 0.15) is 11.7 Å². The molecule has 0 saturated heterocycles. The Bertz CT molecular complexity index is 751. The number of benzene rings is 1. The SMILES string of the molecule is CC(=O)N[C@H](c1ccccc1)[C@@H]1Oc2ncc(Br)cc2NC1=O. The number of anilines is 1. The van der Waals surface area contributed by atoms with Crippen LogP contribution in [0, 0.1) is 0 Å². The van der Waals surface area contributed by atoms with Crippen LogP contribution in [0.3, 0.4) is 0 Å². The molecule has 2 heterocycles. The van der Waals surface area contributed by atoms with E-state index in [2.05, 4.69) is 31.5 Å². The minimum Gasteiger partial charge on any atom is -0.460 e. The van der Waals surface area contributed by atoms with E-state index in [1.54, 1.807) is 12.3 Å². The lowest BCUT2D eigenvalue weighted by molar-refractivity contribution is -0.127. The summed E-state index contributed by atoms with van der Waals surface area (Å²) in [6.45, 7) is 1.40. The molecule has 0 fully saturated rings. The van der Waals surface area contributed by atoms with Crippen LogP contribution in [-0.2, 0) is 9.59 Å². The van der Waals surface area contributed by atoms with Crippen LogP contribution in [0.4, 0.5) is 5.69 Å². The number of halogens is 1.